The number of para-hydroxylation sites is 1. The second kappa shape index (κ2) is 8.15. The van der Waals surface area contributed by atoms with Crippen LogP contribution in [0.3, 0.4) is 0 Å². The van der Waals surface area contributed by atoms with E-state index in [1.807, 2.05) is 30.3 Å². The van der Waals surface area contributed by atoms with Gasteiger partial charge in [0.15, 0.2) is 5.82 Å². The average Bonchev–Trinajstić information content (AvgIpc) is 2.69. The Bertz CT molecular complexity index is 885. The van der Waals surface area contributed by atoms with E-state index in [1.54, 1.807) is 26.5 Å². The predicted octanol–water partition coefficient (Wildman–Crippen LogP) is 3.94. The van der Waals surface area contributed by atoms with Gasteiger partial charge in [0.25, 0.3) is 0 Å². The standard InChI is InChI=1S/C19H21N5O2/c1-4-13-7-5-6-8-15(13)21-18-12-20-24-19(23-18)22-16-10-9-14(25-2)11-17(16)26-3/h5-12H,4H2,1-3H3,(H2,21,22,23,24). The van der Waals surface area contributed by atoms with Gasteiger partial charge in [0.2, 0.25) is 5.95 Å². The highest BCUT2D eigenvalue weighted by molar-refractivity contribution is 5.66. The fourth-order valence-corrected chi connectivity index (χ4v) is 2.53. The summed E-state index contributed by atoms with van der Waals surface area (Å²) in [4.78, 5) is 4.47. The van der Waals surface area contributed by atoms with Crippen molar-refractivity contribution in [2.45, 2.75) is 13.3 Å². The van der Waals surface area contributed by atoms with Crippen molar-refractivity contribution in [2.75, 3.05) is 24.9 Å². The molecule has 0 spiro atoms. The van der Waals surface area contributed by atoms with E-state index in [1.165, 1.54) is 5.56 Å². The number of hydrogen-bond donors (Lipinski definition) is 2. The van der Waals surface area contributed by atoms with Gasteiger partial charge in [0.1, 0.15) is 11.5 Å². The van der Waals surface area contributed by atoms with E-state index < -0.39 is 0 Å². The zero-order valence-electron chi connectivity index (χ0n) is 15.0. The average molecular weight is 351 g/mol. The third kappa shape index (κ3) is 4.00. The summed E-state index contributed by atoms with van der Waals surface area (Å²) in [5.74, 6) is 2.31. The minimum atomic E-state index is 0.368. The molecule has 1 aromatic heterocycles. The van der Waals surface area contributed by atoms with Gasteiger partial charge in [-0.25, -0.2) is 0 Å². The molecule has 0 aliphatic heterocycles. The van der Waals surface area contributed by atoms with Crippen LogP contribution in [0.15, 0.2) is 48.7 Å². The first-order valence-electron chi connectivity index (χ1n) is 8.27. The number of methoxy groups -OCH3 is 2. The van der Waals surface area contributed by atoms with Crippen molar-refractivity contribution >= 4 is 23.1 Å². The van der Waals surface area contributed by atoms with Crippen molar-refractivity contribution in [3.63, 3.8) is 0 Å². The van der Waals surface area contributed by atoms with Gasteiger partial charge < -0.3 is 20.1 Å². The Balaban J connectivity index is 1.82. The van der Waals surface area contributed by atoms with Gasteiger partial charge in [-0.1, -0.05) is 25.1 Å². The summed E-state index contributed by atoms with van der Waals surface area (Å²) in [5.41, 5.74) is 2.93. The lowest BCUT2D eigenvalue weighted by atomic mass is 10.1. The molecule has 0 saturated carbocycles. The molecule has 0 amide bonds. The van der Waals surface area contributed by atoms with Crippen molar-refractivity contribution in [1.82, 2.24) is 15.2 Å². The lowest BCUT2D eigenvalue weighted by Gasteiger charge is -2.12. The van der Waals surface area contributed by atoms with E-state index in [0.29, 0.717) is 23.3 Å². The van der Waals surface area contributed by atoms with E-state index in [0.717, 1.165) is 17.8 Å². The zero-order chi connectivity index (χ0) is 18.4. The molecule has 7 nitrogen and oxygen atoms in total. The van der Waals surface area contributed by atoms with E-state index >= 15 is 0 Å². The fourth-order valence-electron chi connectivity index (χ4n) is 2.53. The normalized spacial score (nSPS) is 10.3. The summed E-state index contributed by atoms with van der Waals surface area (Å²) in [6, 6.07) is 13.6. The summed E-state index contributed by atoms with van der Waals surface area (Å²) in [7, 11) is 3.21. The van der Waals surface area contributed by atoms with Crippen molar-refractivity contribution in [1.29, 1.82) is 0 Å². The summed E-state index contributed by atoms with van der Waals surface area (Å²) < 4.78 is 10.6. The highest BCUT2D eigenvalue weighted by Gasteiger charge is 2.09. The number of nitrogens with zero attached hydrogens (tertiary/aromatic N) is 3. The maximum atomic E-state index is 5.38. The number of aromatic nitrogens is 3. The van der Waals surface area contributed by atoms with Crippen molar-refractivity contribution < 1.29 is 9.47 Å². The van der Waals surface area contributed by atoms with Crippen LogP contribution in [0.4, 0.5) is 23.1 Å². The van der Waals surface area contributed by atoms with Crippen LogP contribution in [0.2, 0.25) is 0 Å². The maximum absolute atomic E-state index is 5.38. The Morgan fingerprint density at radius 2 is 1.81 bits per heavy atom. The van der Waals surface area contributed by atoms with Crippen LogP contribution in [0.1, 0.15) is 12.5 Å². The number of benzene rings is 2. The molecule has 2 N–H and O–H groups in total. The topological polar surface area (TPSA) is 81.2 Å². The molecular formula is C19H21N5O2. The van der Waals surface area contributed by atoms with E-state index in [2.05, 4.69) is 38.8 Å². The molecule has 0 atom stereocenters. The van der Waals surface area contributed by atoms with Gasteiger partial charge in [-0.2, -0.15) is 10.1 Å². The first kappa shape index (κ1) is 17.5. The molecule has 3 rings (SSSR count). The molecule has 7 heteroatoms. The molecule has 0 radical (unpaired) electrons. The molecule has 1 heterocycles. The van der Waals surface area contributed by atoms with Crippen molar-refractivity contribution in [3.8, 4) is 11.5 Å². The summed E-state index contributed by atoms with van der Waals surface area (Å²) >= 11 is 0. The van der Waals surface area contributed by atoms with Crippen LogP contribution >= 0.6 is 0 Å². The summed E-state index contributed by atoms with van der Waals surface area (Å²) in [6.45, 7) is 2.11. The summed E-state index contributed by atoms with van der Waals surface area (Å²) in [5, 5.41) is 14.5. The lowest BCUT2D eigenvalue weighted by Crippen LogP contribution is -2.04. The summed E-state index contributed by atoms with van der Waals surface area (Å²) in [6.07, 6.45) is 2.51. The monoisotopic (exact) mass is 351 g/mol. The number of anilines is 4. The van der Waals surface area contributed by atoms with Gasteiger partial charge in [-0.3, -0.25) is 0 Å². The minimum absolute atomic E-state index is 0.368. The third-order valence-electron chi connectivity index (χ3n) is 3.88. The molecule has 0 fully saturated rings. The molecule has 26 heavy (non-hydrogen) atoms. The number of hydrogen-bond acceptors (Lipinski definition) is 7. The largest absolute Gasteiger partial charge is 0.497 e. The Labute approximate surface area is 152 Å². The van der Waals surface area contributed by atoms with Gasteiger partial charge in [-0.15, -0.1) is 5.10 Å². The second-order valence-corrected chi connectivity index (χ2v) is 5.49. The Kier molecular flexibility index (Phi) is 5.48. The maximum Gasteiger partial charge on any atom is 0.249 e. The van der Waals surface area contributed by atoms with Crippen LogP contribution in [0, 0.1) is 0 Å². The van der Waals surface area contributed by atoms with Crippen LogP contribution in [-0.2, 0) is 6.42 Å². The highest BCUT2D eigenvalue weighted by Crippen LogP contribution is 2.30. The van der Waals surface area contributed by atoms with Crippen LogP contribution in [0.25, 0.3) is 0 Å². The van der Waals surface area contributed by atoms with Gasteiger partial charge in [0.05, 0.1) is 26.1 Å². The minimum Gasteiger partial charge on any atom is -0.497 e. The van der Waals surface area contributed by atoms with Crippen LogP contribution < -0.4 is 20.1 Å². The SMILES string of the molecule is CCc1ccccc1Nc1cnnc(Nc2ccc(OC)cc2OC)n1. The molecule has 0 aliphatic rings. The van der Waals surface area contributed by atoms with E-state index in [4.69, 9.17) is 9.47 Å². The third-order valence-corrected chi connectivity index (χ3v) is 3.88. The predicted molar refractivity (Wildman–Crippen MR) is 102 cm³/mol. The van der Waals surface area contributed by atoms with Crippen LogP contribution in [-0.4, -0.2) is 29.4 Å². The molecule has 0 unspecified atom stereocenters. The first-order chi connectivity index (χ1) is 12.7. The van der Waals surface area contributed by atoms with Crippen molar-refractivity contribution in [2.24, 2.45) is 0 Å². The van der Waals surface area contributed by atoms with Crippen LogP contribution in [0.5, 0.6) is 11.5 Å². The zero-order valence-corrected chi connectivity index (χ0v) is 15.0. The lowest BCUT2D eigenvalue weighted by molar-refractivity contribution is 0.395. The Hall–Kier alpha value is -3.35. The highest BCUT2D eigenvalue weighted by atomic mass is 16.5. The molecule has 134 valence electrons. The molecule has 0 saturated heterocycles. The Morgan fingerprint density at radius 3 is 2.58 bits per heavy atom. The van der Waals surface area contributed by atoms with Gasteiger partial charge in [-0.05, 0) is 30.2 Å². The van der Waals surface area contributed by atoms with Gasteiger partial charge in [0, 0.05) is 11.8 Å². The molecule has 3 aromatic rings. The van der Waals surface area contributed by atoms with E-state index in [-0.39, 0.29) is 0 Å². The smallest absolute Gasteiger partial charge is 0.249 e. The number of aryl methyl sites for hydroxylation is 1. The molecule has 0 aliphatic carbocycles. The number of rotatable bonds is 7. The second-order valence-electron chi connectivity index (χ2n) is 5.49. The number of nitrogens with one attached hydrogen (secondary N) is 2. The van der Waals surface area contributed by atoms with Crippen molar-refractivity contribution in [3.05, 3.63) is 54.2 Å². The Morgan fingerprint density at radius 1 is 0.962 bits per heavy atom. The number of ether oxygens (including phenoxy) is 2. The molecular weight excluding hydrogens is 330 g/mol. The van der Waals surface area contributed by atoms with E-state index in [9.17, 15) is 0 Å². The first-order valence-corrected chi connectivity index (χ1v) is 8.27. The molecule has 2 aromatic carbocycles. The van der Waals surface area contributed by atoms with Gasteiger partial charge >= 0.3 is 0 Å². The quantitative estimate of drug-likeness (QED) is 0.667. The fraction of sp³-hybridized carbons (Fsp3) is 0.211. The molecule has 0 bridgehead atoms.